The molecule has 1 aromatic heterocycles. The Balaban J connectivity index is 2.49. The monoisotopic (exact) mass is 247 g/mol. The number of hydrogen-bond acceptors (Lipinski definition) is 3. The van der Waals surface area contributed by atoms with Crippen LogP contribution < -0.4 is 11.3 Å². The van der Waals surface area contributed by atoms with Crippen LogP contribution in [0.4, 0.5) is 5.69 Å². The lowest BCUT2D eigenvalue weighted by Crippen LogP contribution is -2.11. The quantitative estimate of drug-likeness (QED) is 0.602. The summed E-state index contributed by atoms with van der Waals surface area (Å²) in [4.78, 5) is 4.70. The van der Waals surface area contributed by atoms with Gasteiger partial charge in [0.05, 0.1) is 16.2 Å². The Morgan fingerprint density at radius 1 is 1.35 bits per heavy atom. The fraction of sp³-hybridized carbons (Fsp3) is 0.308. The van der Waals surface area contributed by atoms with Crippen molar-refractivity contribution in [3.63, 3.8) is 0 Å². The zero-order chi connectivity index (χ0) is 12.0. The maximum Gasteiger partial charge on any atom is 0.0915 e. The van der Waals surface area contributed by atoms with E-state index < -0.39 is 0 Å². The number of hydrazine groups is 1. The van der Waals surface area contributed by atoms with Gasteiger partial charge in [-0.15, -0.1) is 0 Å². The predicted octanol–water partition coefficient (Wildman–Crippen LogP) is 2.97. The van der Waals surface area contributed by atoms with Crippen LogP contribution >= 0.6 is 11.6 Å². The lowest BCUT2D eigenvalue weighted by Gasteiger charge is -2.14. The number of nitrogens with one attached hydrogen (secondary N) is 1. The minimum Gasteiger partial charge on any atom is -0.323 e. The van der Waals surface area contributed by atoms with E-state index in [1.165, 1.54) is 5.56 Å². The predicted molar refractivity (Wildman–Crippen MR) is 71.3 cm³/mol. The van der Waals surface area contributed by atoms with Gasteiger partial charge in [-0.05, 0) is 43.4 Å². The van der Waals surface area contributed by atoms with E-state index in [9.17, 15) is 0 Å². The molecule has 3 rings (SSSR count). The fourth-order valence-corrected chi connectivity index (χ4v) is 2.86. The highest BCUT2D eigenvalue weighted by Gasteiger charge is 2.20. The van der Waals surface area contributed by atoms with Crippen molar-refractivity contribution in [2.45, 2.75) is 26.2 Å². The van der Waals surface area contributed by atoms with Gasteiger partial charge in [0.2, 0.25) is 0 Å². The van der Waals surface area contributed by atoms with E-state index in [1.54, 1.807) is 0 Å². The molecule has 0 aliphatic heterocycles. The van der Waals surface area contributed by atoms with Crippen LogP contribution in [0.25, 0.3) is 10.9 Å². The topological polar surface area (TPSA) is 50.9 Å². The second kappa shape index (κ2) is 3.86. The standard InChI is InChI=1S/C13H14ClN3/c1-7-5-6-9(14)13-11(7)12(17-15)8-3-2-4-10(8)16-13/h5-6H,2-4,15H2,1H3,(H,16,17). The first-order valence-electron chi connectivity index (χ1n) is 5.79. The number of benzene rings is 1. The highest BCUT2D eigenvalue weighted by Crippen LogP contribution is 2.37. The highest BCUT2D eigenvalue weighted by atomic mass is 35.5. The molecule has 0 fully saturated rings. The normalized spacial score (nSPS) is 14.1. The minimum atomic E-state index is 0.691. The van der Waals surface area contributed by atoms with Crippen LogP contribution in [-0.2, 0) is 12.8 Å². The van der Waals surface area contributed by atoms with Crippen LogP contribution in [0.5, 0.6) is 0 Å². The van der Waals surface area contributed by atoms with E-state index in [-0.39, 0.29) is 0 Å². The smallest absolute Gasteiger partial charge is 0.0915 e. The van der Waals surface area contributed by atoms with Crippen molar-refractivity contribution in [2.75, 3.05) is 5.43 Å². The van der Waals surface area contributed by atoms with Gasteiger partial charge in [0.1, 0.15) is 0 Å². The van der Waals surface area contributed by atoms with E-state index >= 15 is 0 Å². The molecule has 0 bridgehead atoms. The largest absolute Gasteiger partial charge is 0.323 e. The molecule has 1 aliphatic rings. The maximum atomic E-state index is 6.23. The Hall–Kier alpha value is -1.32. The van der Waals surface area contributed by atoms with Crippen molar-refractivity contribution in [1.82, 2.24) is 4.98 Å². The van der Waals surface area contributed by atoms with Gasteiger partial charge in [0.25, 0.3) is 0 Å². The number of anilines is 1. The van der Waals surface area contributed by atoms with Crippen LogP contribution in [0.3, 0.4) is 0 Å². The van der Waals surface area contributed by atoms with Gasteiger partial charge in [0, 0.05) is 11.1 Å². The average Bonchev–Trinajstić information content (AvgIpc) is 2.79. The second-order valence-corrected chi connectivity index (χ2v) is 4.91. The maximum absolute atomic E-state index is 6.23. The summed E-state index contributed by atoms with van der Waals surface area (Å²) in [6.07, 6.45) is 3.21. The Kier molecular flexibility index (Phi) is 2.45. The summed E-state index contributed by atoms with van der Waals surface area (Å²) in [6, 6.07) is 3.91. The average molecular weight is 248 g/mol. The lowest BCUT2D eigenvalue weighted by molar-refractivity contribution is 0.901. The molecule has 2 aromatic rings. The molecular weight excluding hydrogens is 234 g/mol. The van der Waals surface area contributed by atoms with E-state index in [0.29, 0.717) is 5.02 Å². The van der Waals surface area contributed by atoms with Crippen molar-refractivity contribution >= 4 is 28.2 Å². The van der Waals surface area contributed by atoms with Gasteiger partial charge in [-0.3, -0.25) is 10.8 Å². The van der Waals surface area contributed by atoms with Crippen molar-refractivity contribution in [1.29, 1.82) is 0 Å². The van der Waals surface area contributed by atoms with Gasteiger partial charge in [-0.25, -0.2) is 0 Å². The van der Waals surface area contributed by atoms with Crippen molar-refractivity contribution < 1.29 is 0 Å². The van der Waals surface area contributed by atoms with Crippen molar-refractivity contribution in [2.24, 2.45) is 5.84 Å². The molecule has 1 aromatic carbocycles. The number of aromatic nitrogens is 1. The first-order chi connectivity index (χ1) is 8.22. The molecule has 3 nitrogen and oxygen atoms in total. The summed E-state index contributed by atoms with van der Waals surface area (Å²) in [6.45, 7) is 2.06. The molecule has 88 valence electrons. The van der Waals surface area contributed by atoms with Crippen LogP contribution in [-0.4, -0.2) is 4.98 Å². The van der Waals surface area contributed by atoms with Gasteiger partial charge < -0.3 is 5.43 Å². The summed E-state index contributed by atoms with van der Waals surface area (Å²) in [5.74, 6) is 5.69. The molecule has 1 heterocycles. The number of pyridine rings is 1. The number of aryl methyl sites for hydroxylation is 2. The summed E-state index contributed by atoms with van der Waals surface area (Å²) < 4.78 is 0. The van der Waals surface area contributed by atoms with Gasteiger partial charge in [0.15, 0.2) is 0 Å². The molecule has 0 radical (unpaired) electrons. The van der Waals surface area contributed by atoms with E-state index in [1.807, 2.05) is 12.1 Å². The van der Waals surface area contributed by atoms with Gasteiger partial charge >= 0.3 is 0 Å². The molecular formula is C13H14ClN3. The highest BCUT2D eigenvalue weighted by molar-refractivity contribution is 6.35. The molecule has 0 saturated carbocycles. The Labute approximate surface area is 105 Å². The van der Waals surface area contributed by atoms with E-state index in [4.69, 9.17) is 22.4 Å². The van der Waals surface area contributed by atoms with Crippen LogP contribution in [0.2, 0.25) is 5.02 Å². The molecule has 0 atom stereocenters. The number of nitrogens with two attached hydrogens (primary N) is 1. The number of hydrogen-bond donors (Lipinski definition) is 2. The number of halogens is 1. The summed E-state index contributed by atoms with van der Waals surface area (Å²) >= 11 is 6.23. The fourth-order valence-electron chi connectivity index (χ4n) is 2.66. The zero-order valence-corrected chi connectivity index (χ0v) is 10.4. The van der Waals surface area contributed by atoms with Crippen LogP contribution in [0.15, 0.2) is 12.1 Å². The van der Waals surface area contributed by atoms with E-state index in [0.717, 1.165) is 47.1 Å². The summed E-state index contributed by atoms with van der Waals surface area (Å²) in [7, 11) is 0. The Morgan fingerprint density at radius 2 is 2.18 bits per heavy atom. The number of rotatable bonds is 1. The SMILES string of the molecule is Cc1ccc(Cl)c2nc3c(c(NN)c12)CCC3. The molecule has 0 amide bonds. The second-order valence-electron chi connectivity index (χ2n) is 4.50. The third-order valence-corrected chi connectivity index (χ3v) is 3.77. The van der Waals surface area contributed by atoms with Gasteiger partial charge in [-0.2, -0.15) is 0 Å². The third-order valence-electron chi connectivity index (χ3n) is 3.47. The zero-order valence-electron chi connectivity index (χ0n) is 9.68. The molecule has 0 unspecified atom stereocenters. The molecule has 4 heteroatoms. The van der Waals surface area contributed by atoms with Crippen LogP contribution in [0, 0.1) is 6.92 Å². The molecule has 1 aliphatic carbocycles. The molecule has 0 spiro atoms. The first-order valence-corrected chi connectivity index (χ1v) is 6.17. The van der Waals surface area contributed by atoms with Gasteiger partial charge in [-0.1, -0.05) is 17.7 Å². The summed E-state index contributed by atoms with van der Waals surface area (Å²) in [5, 5.41) is 1.75. The lowest BCUT2D eigenvalue weighted by atomic mass is 10.0. The van der Waals surface area contributed by atoms with Crippen molar-refractivity contribution in [3.05, 3.63) is 34.0 Å². The number of nitrogen functional groups attached to an aromatic ring is 1. The van der Waals surface area contributed by atoms with E-state index in [2.05, 4.69) is 12.3 Å². The summed E-state index contributed by atoms with van der Waals surface area (Å²) in [5.41, 5.74) is 8.25. The Morgan fingerprint density at radius 3 is 2.94 bits per heavy atom. The Bertz CT molecular complexity index is 607. The number of fused-ring (bicyclic) bond motifs is 2. The molecule has 17 heavy (non-hydrogen) atoms. The molecule has 0 saturated heterocycles. The van der Waals surface area contributed by atoms with Crippen LogP contribution in [0.1, 0.15) is 23.2 Å². The minimum absolute atomic E-state index is 0.691. The third kappa shape index (κ3) is 1.50. The van der Waals surface area contributed by atoms with Crippen molar-refractivity contribution in [3.8, 4) is 0 Å². The number of nitrogens with zero attached hydrogens (tertiary/aromatic N) is 1. The molecule has 3 N–H and O–H groups in total. The first kappa shape index (κ1) is 10.8.